The first-order valence-electron chi connectivity index (χ1n) is 5.73. The molecule has 0 saturated heterocycles. The average Bonchev–Trinajstić information content (AvgIpc) is 2.42. The Kier molecular flexibility index (Phi) is 5.13. The van der Waals surface area contributed by atoms with Gasteiger partial charge in [0.15, 0.2) is 0 Å². The molecule has 1 heteroatoms. The molecule has 1 nitrogen and oxygen atoms in total. The summed E-state index contributed by atoms with van der Waals surface area (Å²) in [4.78, 5) is 0. The molecule has 0 fully saturated rings. The van der Waals surface area contributed by atoms with Gasteiger partial charge in [-0.05, 0) is 23.3 Å². The maximum absolute atomic E-state index is 3.11. The predicted molar refractivity (Wildman–Crippen MR) is 72.8 cm³/mol. The molecule has 16 heavy (non-hydrogen) atoms. The molecular weight excluding hydrogens is 194 g/mol. The zero-order valence-corrected chi connectivity index (χ0v) is 10.2. The SMILES string of the molecule is CC.CNc1ccc(-c2ccccc2)cc1. The summed E-state index contributed by atoms with van der Waals surface area (Å²) >= 11 is 0. The molecule has 0 aliphatic rings. The molecule has 0 aromatic heterocycles. The highest BCUT2D eigenvalue weighted by atomic mass is 14.8. The van der Waals surface area contributed by atoms with Gasteiger partial charge in [0.2, 0.25) is 0 Å². The molecule has 1 N–H and O–H groups in total. The Morgan fingerprint density at radius 1 is 0.688 bits per heavy atom. The van der Waals surface area contributed by atoms with Gasteiger partial charge in [-0.1, -0.05) is 56.3 Å². The maximum Gasteiger partial charge on any atom is 0.0337 e. The molecule has 0 spiro atoms. The summed E-state index contributed by atoms with van der Waals surface area (Å²) in [5, 5.41) is 3.11. The lowest BCUT2D eigenvalue weighted by Crippen LogP contribution is -1.86. The molecule has 0 saturated carbocycles. The van der Waals surface area contributed by atoms with Crippen molar-refractivity contribution in [2.75, 3.05) is 12.4 Å². The van der Waals surface area contributed by atoms with Crippen LogP contribution in [0.2, 0.25) is 0 Å². The van der Waals surface area contributed by atoms with E-state index >= 15 is 0 Å². The van der Waals surface area contributed by atoms with E-state index in [1.165, 1.54) is 11.1 Å². The molecule has 0 aliphatic carbocycles. The summed E-state index contributed by atoms with van der Waals surface area (Å²) in [7, 11) is 1.93. The van der Waals surface area contributed by atoms with Gasteiger partial charge in [0.1, 0.15) is 0 Å². The number of rotatable bonds is 2. The number of hydrogen-bond acceptors (Lipinski definition) is 1. The molecule has 84 valence electrons. The topological polar surface area (TPSA) is 12.0 Å². The van der Waals surface area contributed by atoms with E-state index in [2.05, 4.69) is 53.8 Å². The van der Waals surface area contributed by atoms with Gasteiger partial charge in [0.05, 0.1) is 0 Å². The van der Waals surface area contributed by atoms with Gasteiger partial charge in [-0.15, -0.1) is 0 Å². The largest absolute Gasteiger partial charge is 0.388 e. The van der Waals surface area contributed by atoms with E-state index in [0.717, 1.165) is 5.69 Å². The van der Waals surface area contributed by atoms with Crippen LogP contribution in [-0.4, -0.2) is 7.05 Å². The lowest BCUT2D eigenvalue weighted by molar-refractivity contribution is 1.50. The second-order valence-electron chi connectivity index (χ2n) is 3.19. The van der Waals surface area contributed by atoms with E-state index in [4.69, 9.17) is 0 Å². The van der Waals surface area contributed by atoms with Crippen molar-refractivity contribution >= 4 is 5.69 Å². The van der Waals surface area contributed by atoms with Gasteiger partial charge in [-0.25, -0.2) is 0 Å². The van der Waals surface area contributed by atoms with Gasteiger partial charge < -0.3 is 5.32 Å². The van der Waals surface area contributed by atoms with Crippen LogP contribution in [0.4, 0.5) is 5.69 Å². The van der Waals surface area contributed by atoms with Crippen molar-refractivity contribution in [2.45, 2.75) is 13.8 Å². The quantitative estimate of drug-likeness (QED) is 0.778. The molecule has 0 bridgehead atoms. The normalized spacial score (nSPS) is 8.94. The average molecular weight is 213 g/mol. The number of hydrogen-bond donors (Lipinski definition) is 1. The van der Waals surface area contributed by atoms with Gasteiger partial charge in [-0.2, -0.15) is 0 Å². The second kappa shape index (κ2) is 6.67. The first-order valence-corrected chi connectivity index (χ1v) is 5.73. The lowest BCUT2D eigenvalue weighted by atomic mass is 10.1. The third-order valence-corrected chi connectivity index (χ3v) is 2.28. The summed E-state index contributed by atoms with van der Waals surface area (Å²) in [6, 6.07) is 18.8. The van der Waals surface area contributed by atoms with Crippen LogP contribution < -0.4 is 5.32 Å². The Bertz CT molecular complexity index is 390. The summed E-state index contributed by atoms with van der Waals surface area (Å²) in [6.45, 7) is 4.00. The fourth-order valence-electron chi connectivity index (χ4n) is 1.46. The van der Waals surface area contributed by atoms with Crippen LogP contribution in [-0.2, 0) is 0 Å². The summed E-state index contributed by atoms with van der Waals surface area (Å²) in [5.74, 6) is 0. The van der Waals surface area contributed by atoms with Gasteiger partial charge in [0, 0.05) is 12.7 Å². The van der Waals surface area contributed by atoms with Gasteiger partial charge >= 0.3 is 0 Å². The first kappa shape index (κ1) is 12.3. The summed E-state index contributed by atoms with van der Waals surface area (Å²) in [6.07, 6.45) is 0. The monoisotopic (exact) mass is 213 g/mol. The van der Waals surface area contributed by atoms with Crippen LogP contribution in [0, 0.1) is 0 Å². The van der Waals surface area contributed by atoms with Crippen molar-refractivity contribution < 1.29 is 0 Å². The van der Waals surface area contributed by atoms with E-state index in [1.54, 1.807) is 0 Å². The second-order valence-corrected chi connectivity index (χ2v) is 3.19. The van der Waals surface area contributed by atoms with E-state index in [9.17, 15) is 0 Å². The van der Waals surface area contributed by atoms with Crippen LogP contribution in [0.1, 0.15) is 13.8 Å². The number of benzene rings is 2. The van der Waals surface area contributed by atoms with Gasteiger partial charge in [0.25, 0.3) is 0 Å². The molecule has 0 aliphatic heterocycles. The van der Waals surface area contributed by atoms with Crippen molar-refractivity contribution in [1.82, 2.24) is 0 Å². The molecule has 0 amide bonds. The fraction of sp³-hybridized carbons (Fsp3) is 0.200. The zero-order valence-electron chi connectivity index (χ0n) is 10.2. The standard InChI is InChI=1S/C13H13N.C2H6/c1-14-13-9-7-12(8-10-13)11-5-3-2-4-6-11;1-2/h2-10,14H,1H3;1-2H3. The Labute approximate surface area is 98.1 Å². The summed E-state index contributed by atoms with van der Waals surface area (Å²) in [5.41, 5.74) is 3.66. The molecule has 2 aromatic carbocycles. The molecule has 0 radical (unpaired) electrons. The van der Waals surface area contributed by atoms with Crippen LogP contribution >= 0.6 is 0 Å². The molecule has 0 heterocycles. The predicted octanol–water partition coefficient (Wildman–Crippen LogP) is 4.42. The van der Waals surface area contributed by atoms with Crippen molar-refractivity contribution in [3.8, 4) is 11.1 Å². The van der Waals surface area contributed by atoms with E-state index in [0.29, 0.717) is 0 Å². The number of anilines is 1. The summed E-state index contributed by atoms with van der Waals surface area (Å²) < 4.78 is 0. The fourth-order valence-corrected chi connectivity index (χ4v) is 1.46. The molecule has 2 aromatic rings. The molecule has 2 rings (SSSR count). The zero-order chi connectivity index (χ0) is 11.8. The van der Waals surface area contributed by atoms with E-state index < -0.39 is 0 Å². The Morgan fingerprint density at radius 2 is 1.19 bits per heavy atom. The Balaban J connectivity index is 0.000000606. The third-order valence-electron chi connectivity index (χ3n) is 2.28. The van der Waals surface area contributed by atoms with Crippen molar-refractivity contribution in [3.63, 3.8) is 0 Å². The van der Waals surface area contributed by atoms with Crippen LogP contribution in [0.5, 0.6) is 0 Å². The minimum absolute atomic E-state index is 1.14. The smallest absolute Gasteiger partial charge is 0.0337 e. The van der Waals surface area contributed by atoms with E-state index in [1.807, 2.05) is 27.0 Å². The van der Waals surface area contributed by atoms with Crippen LogP contribution in [0.25, 0.3) is 11.1 Å². The van der Waals surface area contributed by atoms with Crippen LogP contribution in [0.3, 0.4) is 0 Å². The Hall–Kier alpha value is -1.76. The first-order chi connectivity index (χ1) is 7.90. The van der Waals surface area contributed by atoms with E-state index in [-0.39, 0.29) is 0 Å². The highest BCUT2D eigenvalue weighted by molar-refractivity contribution is 5.65. The molecule has 0 atom stereocenters. The Morgan fingerprint density at radius 3 is 1.69 bits per heavy atom. The van der Waals surface area contributed by atoms with Crippen molar-refractivity contribution in [3.05, 3.63) is 54.6 Å². The van der Waals surface area contributed by atoms with Crippen molar-refractivity contribution in [1.29, 1.82) is 0 Å². The minimum atomic E-state index is 1.14. The van der Waals surface area contributed by atoms with Crippen LogP contribution in [0.15, 0.2) is 54.6 Å². The van der Waals surface area contributed by atoms with Gasteiger partial charge in [-0.3, -0.25) is 0 Å². The number of nitrogens with one attached hydrogen (secondary N) is 1. The highest BCUT2D eigenvalue weighted by Gasteiger charge is 1.95. The highest BCUT2D eigenvalue weighted by Crippen LogP contribution is 2.20. The van der Waals surface area contributed by atoms with Crippen molar-refractivity contribution in [2.24, 2.45) is 0 Å². The maximum atomic E-state index is 3.11. The third kappa shape index (κ3) is 3.13. The minimum Gasteiger partial charge on any atom is -0.388 e. The lowest BCUT2D eigenvalue weighted by Gasteiger charge is -2.03. The molecule has 0 unspecified atom stereocenters. The molecular formula is C15H19N.